The molecular formula is C14H16BrN3O3S. The predicted molar refractivity (Wildman–Crippen MR) is 89.1 cm³/mol. The summed E-state index contributed by atoms with van der Waals surface area (Å²) in [6.45, 7) is 2.45. The van der Waals surface area contributed by atoms with Gasteiger partial charge in [-0.25, -0.2) is 0 Å². The van der Waals surface area contributed by atoms with E-state index in [1.807, 2.05) is 6.92 Å². The van der Waals surface area contributed by atoms with Gasteiger partial charge in [0, 0.05) is 11.8 Å². The van der Waals surface area contributed by atoms with Gasteiger partial charge in [0.05, 0.1) is 6.61 Å². The molecule has 0 atom stereocenters. The number of benzene rings is 1. The van der Waals surface area contributed by atoms with E-state index in [2.05, 4.69) is 31.4 Å². The molecule has 6 nitrogen and oxygen atoms in total. The minimum atomic E-state index is -0.268. The highest BCUT2D eigenvalue weighted by Gasteiger charge is 2.08. The zero-order valence-corrected chi connectivity index (χ0v) is 14.4. The quantitative estimate of drug-likeness (QED) is 0.707. The lowest BCUT2D eigenvalue weighted by atomic mass is 10.3. The number of aromatic nitrogens is 2. The first kappa shape index (κ1) is 16.7. The van der Waals surface area contributed by atoms with Crippen LogP contribution in [0.1, 0.15) is 11.9 Å². The van der Waals surface area contributed by atoms with Crippen LogP contribution in [-0.2, 0) is 11.2 Å². The molecule has 8 heteroatoms. The van der Waals surface area contributed by atoms with E-state index in [1.165, 1.54) is 11.3 Å². The Morgan fingerprint density at radius 2 is 1.91 bits per heavy atom. The second kappa shape index (κ2) is 8.70. The van der Waals surface area contributed by atoms with Crippen LogP contribution in [0.15, 0.2) is 24.3 Å². The number of alkyl halides is 1. The van der Waals surface area contributed by atoms with Gasteiger partial charge in [0.1, 0.15) is 16.5 Å². The summed E-state index contributed by atoms with van der Waals surface area (Å²) in [5.41, 5.74) is 0. The number of amides is 1. The Kier molecular flexibility index (Phi) is 6.60. The maximum absolute atomic E-state index is 11.8. The number of rotatable bonds is 8. The van der Waals surface area contributed by atoms with E-state index < -0.39 is 0 Å². The molecule has 1 aromatic carbocycles. The fourth-order valence-corrected chi connectivity index (χ4v) is 2.98. The Morgan fingerprint density at radius 1 is 1.23 bits per heavy atom. The van der Waals surface area contributed by atoms with Gasteiger partial charge in [0.15, 0.2) is 6.61 Å². The average Bonchev–Trinajstić information content (AvgIpc) is 2.94. The molecule has 0 radical (unpaired) electrons. The number of hydrogen-bond acceptors (Lipinski definition) is 6. The summed E-state index contributed by atoms with van der Waals surface area (Å²) in [4.78, 5) is 11.8. The monoisotopic (exact) mass is 385 g/mol. The number of carbonyl (C=O) groups is 1. The van der Waals surface area contributed by atoms with Crippen molar-refractivity contribution in [2.75, 3.05) is 23.9 Å². The Bertz CT molecular complexity index is 604. The molecule has 0 aliphatic carbocycles. The lowest BCUT2D eigenvalue weighted by Crippen LogP contribution is -2.20. The molecule has 1 heterocycles. The van der Waals surface area contributed by atoms with Crippen LogP contribution in [0.25, 0.3) is 0 Å². The summed E-state index contributed by atoms with van der Waals surface area (Å²) >= 11 is 4.69. The van der Waals surface area contributed by atoms with Crippen LogP contribution in [0.3, 0.4) is 0 Å². The van der Waals surface area contributed by atoms with Gasteiger partial charge < -0.3 is 9.47 Å². The highest BCUT2D eigenvalue weighted by molar-refractivity contribution is 9.09. The number of nitrogens with one attached hydrogen (secondary N) is 1. The number of ether oxygens (including phenoxy) is 2. The minimum Gasteiger partial charge on any atom is -0.494 e. The van der Waals surface area contributed by atoms with Crippen molar-refractivity contribution in [3.8, 4) is 11.5 Å². The largest absolute Gasteiger partial charge is 0.494 e. The highest BCUT2D eigenvalue weighted by atomic mass is 79.9. The fraction of sp³-hybridized carbons (Fsp3) is 0.357. The fourth-order valence-electron chi connectivity index (χ4n) is 1.59. The SMILES string of the molecule is CCOc1ccc(OCC(=O)Nc2nnc(CCBr)s2)cc1. The van der Waals surface area contributed by atoms with Crippen LogP contribution in [-0.4, -0.2) is 34.6 Å². The van der Waals surface area contributed by atoms with Crippen LogP contribution in [0, 0.1) is 0 Å². The summed E-state index contributed by atoms with van der Waals surface area (Å²) in [6, 6.07) is 7.12. The van der Waals surface area contributed by atoms with Crippen LogP contribution in [0.5, 0.6) is 11.5 Å². The zero-order valence-electron chi connectivity index (χ0n) is 12.0. The van der Waals surface area contributed by atoms with Crippen LogP contribution in [0.2, 0.25) is 0 Å². The molecule has 1 N–H and O–H groups in total. The summed E-state index contributed by atoms with van der Waals surface area (Å²) < 4.78 is 10.7. The average molecular weight is 386 g/mol. The van der Waals surface area contributed by atoms with Gasteiger partial charge in [0.25, 0.3) is 5.91 Å². The first-order chi connectivity index (χ1) is 10.7. The van der Waals surface area contributed by atoms with Gasteiger partial charge in [-0.3, -0.25) is 10.1 Å². The number of hydrogen-bond donors (Lipinski definition) is 1. The summed E-state index contributed by atoms with van der Waals surface area (Å²) in [5.74, 6) is 1.11. The van der Waals surface area contributed by atoms with E-state index in [4.69, 9.17) is 9.47 Å². The third-order valence-electron chi connectivity index (χ3n) is 2.53. The van der Waals surface area contributed by atoms with Crippen molar-refractivity contribution < 1.29 is 14.3 Å². The van der Waals surface area contributed by atoms with Crippen molar-refractivity contribution in [1.82, 2.24) is 10.2 Å². The molecule has 2 aromatic rings. The van der Waals surface area contributed by atoms with Crippen molar-refractivity contribution in [2.24, 2.45) is 0 Å². The van der Waals surface area contributed by atoms with Gasteiger partial charge in [-0.2, -0.15) is 0 Å². The first-order valence-corrected chi connectivity index (χ1v) is 8.69. The highest BCUT2D eigenvalue weighted by Crippen LogP contribution is 2.18. The summed E-state index contributed by atoms with van der Waals surface area (Å²) in [5, 5.41) is 12.7. The molecule has 1 amide bonds. The summed E-state index contributed by atoms with van der Waals surface area (Å²) in [7, 11) is 0. The maximum Gasteiger partial charge on any atom is 0.264 e. The molecule has 0 spiro atoms. The third-order valence-corrected chi connectivity index (χ3v) is 3.82. The van der Waals surface area contributed by atoms with Crippen molar-refractivity contribution >= 4 is 38.3 Å². The van der Waals surface area contributed by atoms with Gasteiger partial charge in [0.2, 0.25) is 5.13 Å². The lowest BCUT2D eigenvalue weighted by Gasteiger charge is -2.07. The minimum absolute atomic E-state index is 0.0820. The van der Waals surface area contributed by atoms with Crippen molar-refractivity contribution in [2.45, 2.75) is 13.3 Å². The number of anilines is 1. The topological polar surface area (TPSA) is 73.3 Å². The Morgan fingerprint density at radius 3 is 2.55 bits per heavy atom. The molecule has 1 aromatic heterocycles. The third kappa shape index (κ3) is 5.27. The van der Waals surface area contributed by atoms with Gasteiger partial charge in [-0.1, -0.05) is 27.3 Å². The van der Waals surface area contributed by atoms with Crippen molar-refractivity contribution in [3.63, 3.8) is 0 Å². The molecule has 118 valence electrons. The number of aryl methyl sites for hydroxylation is 1. The first-order valence-electron chi connectivity index (χ1n) is 6.75. The maximum atomic E-state index is 11.8. The van der Waals surface area contributed by atoms with E-state index in [0.29, 0.717) is 17.5 Å². The van der Waals surface area contributed by atoms with Crippen LogP contribution in [0.4, 0.5) is 5.13 Å². The molecule has 0 saturated heterocycles. The molecule has 22 heavy (non-hydrogen) atoms. The smallest absolute Gasteiger partial charge is 0.264 e. The molecule has 0 aliphatic heterocycles. The Balaban J connectivity index is 1.79. The Hall–Kier alpha value is -1.67. The van der Waals surface area contributed by atoms with Crippen molar-refractivity contribution in [1.29, 1.82) is 0 Å². The Labute approximate surface area is 141 Å². The standard InChI is InChI=1S/C14H16BrN3O3S/c1-2-20-10-3-5-11(6-4-10)21-9-12(19)16-14-18-17-13(22-14)7-8-15/h3-6H,2,7-9H2,1H3,(H,16,18,19). The number of halogens is 1. The van der Waals surface area contributed by atoms with E-state index in [0.717, 1.165) is 22.5 Å². The van der Waals surface area contributed by atoms with E-state index in [1.54, 1.807) is 24.3 Å². The second-order valence-corrected chi connectivity index (χ2v) is 6.04. The van der Waals surface area contributed by atoms with Crippen LogP contribution >= 0.6 is 27.3 Å². The molecule has 0 aliphatic rings. The molecular weight excluding hydrogens is 370 g/mol. The van der Waals surface area contributed by atoms with Crippen LogP contribution < -0.4 is 14.8 Å². The van der Waals surface area contributed by atoms with E-state index >= 15 is 0 Å². The molecule has 0 unspecified atom stereocenters. The molecule has 0 fully saturated rings. The summed E-state index contributed by atoms with van der Waals surface area (Å²) in [6.07, 6.45) is 0.788. The van der Waals surface area contributed by atoms with Gasteiger partial charge in [-0.15, -0.1) is 10.2 Å². The van der Waals surface area contributed by atoms with Crippen molar-refractivity contribution in [3.05, 3.63) is 29.3 Å². The van der Waals surface area contributed by atoms with Gasteiger partial charge in [-0.05, 0) is 31.2 Å². The normalized spacial score (nSPS) is 10.3. The second-order valence-electron chi connectivity index (χ2n) is 4.18. The predicted octanol–water partition coefficient (Wildman–Crippen LogP) is 2.89. The lowest BCUT2D eigenvalue weighted by molar-refractivity contribution is -0.118. The molecule has 0 bridgehead atoms. The van der Waals surface area contributed by atoms with Gasteiger partial charge >= 0.3 is 0 Å². The van der Waals surface area contributed by atoms with E-state index in [-0.39, 0.29) is 12.5 Å². The zero-order chi connectivity index (χ0) is 15.8. The number of carbonyl (C=O) groups excluding carboxylic acids is 1. The number of nitrogens with zero attached hydrogens (tertiary/aromatic N) is 2. The van der Waals surface area contributed by atoms with E-state index in [9.17, 15) is 4.79 Å². The molecule has 2 rings (SSSR count). The molecule has 0 saturated carbocycles.